The van der Waals surface area contributed by atoms with E-state index in [0.717, 1.165) is 0 Å². The molecule has 154 valence electrons. The Hall–Kier alpha value is -2.57. The first kappa shape index (κ1) is 20.2. The molecule has 0 saturated carbocycles. The fourth-order valence-electron chi connectivity index (χ4n) is 2.95. The van der Waals surface area contributed by atoms with Gasteiger partial charge in [0.2, 0.25) is 5.95 Å². The highest BCUT2D eigenvalue weighted by Crippen LogP contribution is 2.37. The van der Waals surface area contributed by atoms with Gasteiger partial charge < -0.3 is 10.6 Å². The molecule has 0 spiro atoms. The Morgan fingerprint density at radius 2 is 1.96 bits per heavy atom. The average molecular weight is 409 g/mol. The molecule has 7 nitrogen and oxygen atoms in total. The fourth-order valence-corrected chi connectivity index (χ4v) is 2.95. The number of alkyl halides is 5. The van der Waals surface area contributed by atoms with Crippen LogP contribution in [0.5, 0.6) is 0 Å². The smallest absolute Gasteiger partial charge is 0.372 e. The topological polar surface area (TPSA) is 70.9 Å². The maximum absolute atomic E-state index is 13.5. The quantitative estimate of drug-likeness (QED) is 0.454. The summed E-state index contributed by atoms with van der Waals surface area (Å²) in [5.41, 5.74) is -0.165. The largest absolute Gasteiger partial charge is 0.421 e. The van der Waals surface area contributed by atoms with Crippen molar-refractivity contribution in [2.45, 2.75) is 38.0 Å². The third kappa shape index (κ3) is 3.84. The molecule has 0 amide bonds. The molecule has 0 aliphatic carbocycles. The Kier molecular flexibility index (Phi) is 5.12. The summed E-state index contributed by atoms with van der Waals surface area (Å²) in [6.45, 7) is 1.09. The van der Waals surface area contributed by atoms with E-state index in [1.807, 2.05) is 0 Å². The van der Waals surface area contributed by atoms with Gasteiger partial charge >= 0.3 is 12.2 Å². The normalized spacial score (nSPS) is 20.2. The molecule has 1 saturated heterocycles. The van der Waals surface area contributed by atoms with Gasteiger partial charge in [-0.1, -0.05) is 5.12 Å². The summed E-state index contributed by atoms with van der Waals surface area (Å²) >= 11 is 0. The Morgan fingerprint density at radius 1 is 1.25 bits per heavy atom. The lowest BCUT2D eigenvalue weighted by Gasteiger charge is -2.33. The summed E-state index contributed by atoms with van der Waals surface area (Å²) in [5.74, 6) is -0.514. The zero-order valence-electron chi connectivity index (χ0n) is 14.9. The van der Waals surface area contributed by atoms with Crippen molar-refractivity contribution in [2.24, 2.45) is 0 Å². The number of piperidine rings is 1. The molecule has 0 radical (unpaired) electrons. The minimum absolute atomic E-state index is 0.0239. The third-order valence-electron chi connectivity index (χ3n) is 4.47. The first-order valence-electron chi connectivity index (χ1n) is 8.27. The Bertz CT molecular complexity index is 850. The zero-order valence-corrected chi connectivity index (χ0v) is 14.9. The molecule has 3 heterocycles. The monoisotopic (exact) mass is 409 g/mol. The van der Waals surface area contributed by atoms with Crippen LogP contribution in [0.15, 0.2) is 12.4 Å². The van der Waals surface area contributed by atoms with E-state index in [1.54, 1.807) is 6.92 Å². The predicted octanol–water partition coefficient (Wildman–Crippen LogP) is 3.90. The summed E-state index contributed by atoms with van der Waals surface area (Å²) < 4.78 is 80.2. The first-order chi connectivity index (χ1) is 13.0. The van der Waals surface area contributed by atoms with E-state index in [4.69, 9.17) is 0 Å². The Morgan fingerprint density at radius 3 is 2.57 bits per heavy atom. The third-order valence-corrected chi connectivity index (χ3v) is 4.47. The van der Waals surface area contributed by atoms with Crippen LogP contribution < -0.4 is 10.6 Å². The van der Waals surface area contributed by atoms with Crippen LogP contribution in [0.2, 0.25) is 0 Å². The van der Waals surface area contributed by atoms with Gasteiger partial charge in [-0.25, -0.2) is 4.98 Å². The minimum atomic E-state index is -4.61. The molecule has 2 aromatic rings. The average Bonchev–Trinajstić information content (AvgIpc) is 2.97. The SMILES string of the molecule is CNc1nc(Nc2cnn(C3CCC(F)(F)N(F)C3)c2C)ncc1C(F)(F)F. The van der Waals surface area contributed by atoms with Crippen LogP contribution in [0.3, 0.4) is 0 Å². The number of hydrogen-bond donors (Lipinski definition) is 2. The molecule has 28 heavy (non-hydrogen) atoms. The first-order valence-corrected chi connectivity index (χ1v) is 8.27. The van der Waals surface area contributed by atoms with Crippen molar-refractivity contribution in [3.05, 3.63) is 23.7 Å². The summed E-state index contributed by atoms with van der Waals surface area (Å²) in [4.78, 5) is 7.45. The van der Waals surface area contributed by atoms with Crippen LogP contribution in [0.4, 0.5) is 43.9 Å². The molecule has 1 aliphatic heterocycles. The number of hydrogen-bond acceptors (Lipinski definition) is 6. The maximum atomic E-state index is 13.5. The second-order valence-corrected chi connectivity index (χ2v) is 6.32. The Labute approximate surface area is 155 Å². The summed E-state index contributed by atoms with van der Waals surface area (Å²) in [6, 6.07) is -4.11. The van der Waals surface area contributed by atoms with Crippen LogP contribution in [0, 0.1) is 6.92 Å². The maximum Gasteiger partial charge on any atom is 0.421 e. The van der Waals surface area contributed by atoms with Gasteiger partial charge in [-0.3, -0.25) is 4.68 Å². The van der Waals surface area contributed by atoms with Gasteiger partial charge in [0.25, 0.3) is 0 Å². The highest BCUT2D eigenvalue weighted by molar-refractivity contribution is 5.58. The molecule has 1 atom stereocenters. The molecule has 1 unspecified atom stereocenters. The van der Waals surface area contributed by atoms with Crippen LogP contribution in [0.25, 0.3) is 0 Å². The van der Waals surface area contributed by atoms with Gasteiger partial charge in [-0.15, -0.1) is 4.48 Å². The van der Waals surface area contributed by atoms with Crippen LogP contribution in [-0.2, 0) is 6.18 Å². The molecular weight excluding hydrogens is 392 g/mol. The van der Waals surface area contributed by atoms with Gasteiger partial charge in [0, 0.05) is 19.7 Å². The molecule has 2 aromatic heterocycles. The van der Waals surface area contributed by atoms with Gasteiger partial charge in [0.05, 0.1) is 30.2 Å². The fraction of sp³-hybridized carbons (Fsp3) is 0.533. The molecule has 3 rings (SSSR count). The number of halogens is 6. The number of aromatic nitrogens is 4. The van der Waals surface area contributed by atoms with E-state index < -0.39 is 47.7 Å². The lowest BCUT2D eigenvalue weighted by atomic mass is 10.1. The van der Waals surface area contributed by atoms with E-state index in [2.05, 4.69) is 25.7 Å². The van der Waals surface area contributed by atoms with Crippen LogP contribution in [-0.4, -0.2) is 44.5 Å². The molecule has 2 N–H and O–H groups in total. The molecule has 0 aromatic carbocycles. The van der Waals surface area contributed by atoms with Gasteiger partial charge in [-0.05, 0) is 13.3 Å². The van der Waals surface area contributed by atoms with Crippen molar-refractivity contribution in [3.63, 3.8) is 0 Å². The lowest BCUT2D eigenvalue weighted by Crippen LogP contribution is -2.44. The van der Waals surface area contributed by atoms with Crippen LogP contribution in [0.1, 0.15) is 30.1 Å². The second-order valence-electron chi connectivity index (χ2n) is 6.32. The predicted molar refractivity (Wildman–Crippen MR) is 87.9 cm³/mol. The standard InChI is InChI=1S/C15H17F6N7/c1-8-11(6-24-28(8)9-3-4-14(16,17)27(21)7-9)25-13-23-5-10(15(18,19)20)12(22-2)26-13/h5-6,9H,3-4,7H2,1-2H3,(H2,22,23,25,26). The number of rotatable bonds is 4. The molecule has 1 fully saturated rings. The molecular formula is C15H17F6N7. The van der Waals surface area contributed by atoms with E-state index in [9.17, 15) is 26.4 Å². The molecule has 1 aliphatic rings. The van der Waals surface area contributed by atoms with E-state index in [0.29, 0.717) is 17.6 Å². The van der Waals surface area contributed by atoms with Crippen molar-refractivity contribution >= 4 is 17.5 Å². The summed E-state index contributed by atoms with van der Waals surface area (Å²) in [5, 5.41) is 8.68. The van der Waals surface area contributed by atoms with Crippen molar-refractivity contribution in [1.29, 1.82) is 0 Å². The highest BCUT2D eigenvalue weighted by Gasteiger charge is 2.44. The second kappa shape index (κ2) is 7.11. The number of anilines is 3. The summed E-state index contributed by atoms with van der Waals surface area (Å²) in [6.07, 6.45) is -3.24. The van der Waals surface area contributed by atoms with E-state index in [1.165, 1.54) is 17.9 Å². The van der Waals surface area contributed by atoms with E-state index >= 15 is 0 Å². The lowest BCUT2D eigenvalue weighted by molar-refractivity contribution is -0.259. The van der Waals surface area contributed by atoms with Crippen molar-refractivity contribution in [1.82, 2.24) is 24.9 Å². The summed E-state index contributed by atoms with van der Waals surface area (Å²) in [7, 11) is 1.30. The van der Waals surface area contributed by atoms with Gasteiger partial charge in [0.1, 0.15) is 11.4 Å². The molecule has 0 bridgehead atoms. The number of nitrogens with one attached hydrogen (secondary N) is 2. The van der Waals surface area contributed by atoms with Gasteiger partial charge in [-0.2, -0.15) is 32.0 Å². The van der Waals surface area contributed by atoms with Gasteiger partial charge in [0.15, 0.2) is 0 Å². The zero-order chi connectivity index (χ0) is 20.7. The van der Waals surface area contributed by atoms with Crippen LogP contribution >= 0.6 is 0 Å². The number of nitrogens with zero attached hydrogens (tertiary/aromatic N) is 5. The van der Waals surface area contributed by atoms with Crippen molar-refractivity contribution in [2.75, 3.05) is 24.2 Å². The van der Waals surface area contributed by atoms with Crippen molar-refractivity contribution in [3.8, 4) is 0 Å². The Balaban J connectivity index is 1.80. The minimum Gasteiger partial charge on any atom is -0.372 e. The molecule has 13 heteroatoms. The van der Waals surface area contributed by atoms with E-state index in [-0.39, 0.29) is 12.4 Å². The van der Waals surface area contributed by atoms with Crippen molar-refractivity contribution < 1.29 is 26.4 Å². The highest BCUT2D eigenvalue weighted by atomic mass is 19.4.